The number of hydrogen-bond acceptors (Lipinski definition) is 9. The van der Waals surface area contributed by atoms with Gasteiger partial charge in [0.05, 0.1) is 6.33 Å². The zero-order chi connectivity index (χ0) is 23.7. The third-order valence-electron chi connectivity index (χ3n) is 6.67. The van der Waals surface area contributed by atoms with Gasteiger partial charge in [-0.05, 0) is 24.2 Å². The van der Waals surface area contributed by atoms with Crippen molar-refractivity contribution < 1.29 is 14.9 Å². The Morgan fingerprint density at radius 2 is 1.88 bits per heavy atom. The molecule has 0 spiro atoms. The Kier molecular flexibility index (Phi) is 6.96. The topological polar surface area (TPSA) is 112 Å². The lowest BCUT2D eigenvalue weighted by Gasteiger charge is -2.35. The Morgan fingerprint density at radius 1 is 1.09 bits per heavy atom. The fraction of sp³-hybridized carbons (Fsp3) is 0.522. The van der Waals surface area contributed by atoms with E-state index in [-0.39, 0.29) is 0 Å². The van der Waals surface area contributed by atoms with Gasteiger partial charge in [0.2, 0.25) is 0 Å². The van der Waals surface area contributed by atoms with E-state index in [0.29, 0.717) is 35.1 Å². The lowest BCUT2D eigenvalue weighted by molar-refractivity contribution is -0.0475. The monoisotopic (exact) mass is 487 g/mol. The molecule has 0 unspecified atom stereocenters. The van der Waals surface area contributed by atoms with E-state index >= 15 is 0 Å². The second kappa shape index (κ2) is 10.1. The van der Waals surface area contributed by atoms with Gasteiger partial charge in [-0.1, -0.05) is 30.7 Å². The first-order chi connectivity index (χ1) is 16.5. The third kappa shape index (κ3) is 4.74. The van der Waals surface area contributed by atoms with E-state index in [4.69, 9.17) is 16.3 Å². The normalized spacial score (nSPS) is 26.4. The highest BCUT2D eigenvalue weighted by atomic mass is 35.5. The van der Waals surface area contributed by atoms with Crippen LogP contribution >= 0.6 is 11.6 Å². The van der Waals surface area contributed by atoms with Crippen molar-refractivity contribution in [3.8, 4) is 0 Å². The number of fused-ring (bicyclic) bond motifs is 1. The minimum absolute atomic E-state index is 0.493. The minimum atomic E-state index is -1.09. The van der Waals surface area contributed by atoms with Gasteiger partial charge in [0, 0.05) is 44.3 Å². The highest BCUT2D eigenvalue weighted by Gasteiger charge is 2.45. The zero-order valence-corrected chi connectivity index (χ0v) is 19.8. The highest BCUT2D eigenvalue weighted by Crippen LogP contribution is 2.33. The summed E-state index contributed by atoms with van der Waals surface area (Å²) in [5, 5.41) is 25.5. The number of aromatic nitrogens is 4. The number of piperazine rings is 1. The Hall–Kier alpha value is -2.34. The molecule has 10 nitrogen and oxygen atoms in total. The standard InChI is InChI=1S/C23H30ClN7O3/c1-2-29-6-8-30(9-7-29)12-17-19(32)20(33)23(34-17)31-14-28-18-21(26-13-27-22(18)31)25-11-15-4-3-5-16(24)10-15/h3-5,10,13-14,17,19-20,23,32-33H,2,6-9,11-12H2,1H3,(H,25,26,27)/t17-,19-,20-,23-/m1/s1. The maximum Gasteiger partial charge on any atom is 0.167 e. The fourth-order valence-electron chi connectivity index (χ4n) is 4.65. The number of benzene rings is 1. The van der Waals surface area contributed by atoms with Gasteiger partial charge in [0.25, 0.3) is 0 Å². The first kappa shape index (κ1) is 23.4. The number of aliphatic hydroxyl groups excluding tert-OH is 2. The van der Waals surface area contributed by atoms with Crippen molar-refractivity contribution >= 4 is 28.6 Å². The van der Waals surface area contributed by atoms with Crippen LogP contribution in [0.5, 0.6) is 0 Å². The summed E-state index contributed by atoms with van der Waals surface area (Å²) in [6, 6.07) is 7.59. The average Bonchev–Trinajstić information content (AvgIpc) is 3.40. The molecule has 2 saturated heterocycles. The summed E-state index contributed by atoms with van der Waals surface area (Å²) in [5.74, 6) is 0.571. The first-order valence-electron chi connectivity index (χ1n) is 11.7. The highest BCUT2D eigenvalue weighted by molar-refractivity contribution is 6.30. The van der Waals surface area contributed by atoms with E-state index in [2.05, 4.69) is 37.0 Å². The molecule has 3 N–H and O–H groups in total. The van der Waals surface area contributed by atoms with Gasteiger partial charge in [-0.15, -0.1) is 0 Å². The van der Waals surface area contributed by atoms with Gasteiger partial charge in [-0.25, -0.2) is 15.0 Å². The maximum absolute atomic E-state index is 10.8. The number of anilines is 1. The van der Waals surface area contributed by atoms with E-state index in [0.717, 1.165) is 38.3 Å². The summed E-state index contributed by atoms with van der Waals surface area (Å²) in [5.41, 5.74) is 2.10. The Morgan fingerprint density at radius 3 is 2.65 bits per heavy atom. The molecule has 0 amide bonds. The summed E-state index contributed by atoms with van der Waals surface area (Å²) in [6.07, 6.45) is -0.326. The van der Waals surface area contributed by atoms with E-state index in [1.54, 1.807) is 10.9 Å². The van der Waals surface area contributed by atoms with Crippen molar-refractivity contribution in [2.45, 2.75) is 38.0 Å². The summed E-state index contributed by atoms with van der Waals surface area (Å²) < 4.78 is 7.82. The molecule has 4 heterocycles. The van der Waals surface area contributed by atoms with Crippen molar-refractivity contribution in [1.82, 2.24) is 29.3 Å². The smallest absolute Gasteiger partial charge is 0.167 e. The van der Waals surface area contributed by atoms with Crippen molar-refractivity contribution in [2.24, 2.45) is 0 Å². The van der Waals surface area contributed by atoms with Gasteiger partial charge in [0.15, 0.2) is 23.2 Å². The molecule has 182 valence electrons. The lowest BCUT2D eigenvalue weighted by atomic mass is 10.1. The van der Waals surface area contributed by atoms with Crippen LogP contribution in [0.2, 0.25) is 5.02 Å². The molecule has 34 heavy (non-hydrogen) atoms. The molecular formula is C23H30ClN7O3. The molecule has 5 rings (SSSR count). The third-order valence-corrected chi connectivity index (χ3v) is 6.90. The van der Waals surface area contributed by atoms with E-state index in [9.17, 15) is 10.2 Å². The molecular weight excluding hydrogens is 458 g/mol. The number of nitrogens with zero attached hydrogens (tertiary/aromatic N) is 6. The van der Waals surface area contributed by atoms with Crippen LogP contribution in [-0.2, 0) is 11.3 Å². The number of likely N-dealkylation sites (N-methyl/N-ethyl adjacent to an activating group) is 1. The van der Waals surface area contributed by atoms with Crippen LogP contribution in [0, 0.1) is 0 Å². The number of aliphatic hydroxyl groups is 2. The number of hydrogen-bond donors (Lipinski definition) is 3. The fourth-order valence-corrected chi connectivity index (χ4v) is 4.87. The SMILES string of the molecule is CCN1CCN(C[C@H]2O[C@@H](n3cnc4c(NCc5cccc(Cl)c5)ncnc43)[C@H](O)[C@@H]2O)CC1. The van der Waals surface area contributed by atoms with Gasteiger partial charge in [0.1, 0.15) is 24.6 Å². The Bertz CT molecular complexity index is 1120. The second-order valence-corrected chi connectivity index (χ2v) is 9.25. The van der Waals surface area contributed by atoms with Crippen molar-refractivity contribution in [1.29, 1.82) is 0 Å². The number of nitrogens with one attached hydrogen (secondary N) is 1. The molecule has 11 heteroatoms. The molecule has 0 saturated carbocycles. The molecule has 2 aromatic heterocycles. The number of imidazole rings is 1. The van der Waals surface area contributed by atoms with Crippen molar-refractivity contribution in [3.05, 3.63) is 47.5 Å². The minimum Gasteiger partial charge on any atom is -0.387 e. The van der Waals surface area contributed by atoms with Crippen LogP contribution < -0.4 is 5.32 Å². The quantitative estimate of drug-likeness (QED) is 0.454. The van der Waals surface area contributed by atoms with E-state index < -0.39 is 24.5 Å². The Labute approximate surface area is 203 Å². The van der Waals surface area contributed by atoms with Crippen LogP contribution in [0.15, 0.2) is 36.9 Å². The van der Waals surface area contributed by atoms with Crippen LogP contribution in [0.1, 0.15) is 18.7 Å². The van der Waals surface area contributed by atoms with Crippen molar-refractivity contribution in [2.75, 3.05) is 44.6 Å². The van der Waals surface area contributed by atoms with Crippen LogP contribution in [0.3, 0.4) is 0 Å². The molecule has 0 radical (unpaired) electrons. The molecule has 2 aliphatic heterocycles. The molecule has 0 bridgehead atoms. The summed E-state index contributed by atoms with van der Waals surface area (Å²) in [7, 11) is 0. The molecule has 2 aliphatic rings. The van der Waals surface area contributed by atoms with Crippen LogP contribution in [-0.4, -0.2) is 97.1 Å². The summed E-state index contributed by atoms with van der Waals surface area (Å²) in [4.78, 5) is 17.9. The van der Waals surface area contributed by atoms with Gasteiger partial charge in [-0.2, -0.15) is 0 Å². The summed E-state index contributed by atoms with van der Waals surface area (Å²) in [6.45, 7) is 8.14. The molecule has 2 fully saturated rings. The zero-order valence-electron chi connectivity index (χ0n) is 19.1. The van der Waals surface area contributed by atoms with E-state index in [1.165, 1.54) is 6.33 Å². The van der Waals surface area contributed by atoms with Gasteiger partial charge >= 0.3 is 0 Å². The number of rotatable bonds is 7. The van der Waals surface area contributed by atoms with Crippen LogP contribution in [0.4, 0.5) is 5.82 Å². The van der Waals surface area contributed by atoms with Gasteiger partial charge < -0.3 is 25.2 Å². The van der Waals surface area contributed by atoms with Gasteiger partial charge in [-0.3, -0.25) is 9.47 Å². The molecule has 1 aromatic carbocycles. The van der Waals surface area contributed by atoms with Crippen LogP contribution in [0.25, 0.3) is 11.2 Å². The number of halogens is 1. The largest absolute Gasteiger partial charge is 0.387 e. The maximum atomic E-state index is 10.8. The first-order valence-corrected chi connectivity index (χ1v) is 12.0. The number of ether oxygens (including phenoxy) is 1. The summed E-state index contributed by atoms with van der Waals surface area (Å²) >= 11 is 6.08. The average molecular weight is 488 g/mol. The predicted molar refractivity (Wildman–Crippen MR) is 129 cm³/mol. The van der Waals surface area contributed by atoms with Crippen molar-refractivity contribution in [3.63, 3.8) is 0 Å². The lowest BCUT2D eigenvalue weighted by Crippen LogP contribution is -2.50. The molecule has 4 atom stereocenters. The second-order valence-electron chi connectivity index (χ2n) is 8.81. The Balaban J connectivity index is 1.29. The molecule has 3 aromatic rings. The molecule has 0 aliphatic carbocycles. The predicted octanol–water partition coefficient (Wildman–Crippen LogP) is 1.35. The van der Waals surface area contributed by atoms with E-state index in [1.807, 2.05) is 24.3 Å².